The summed E-state index contributed by atoms with van der Waals surface area (Å²) in [5.41, 5.74) is 0. The predicted molar refractivity (Wildman–Crippen MR) is 75.1 cm³/mol. The lowest BCUT2D eigenvalue weighted by molar-refractivity contribution is -0.133. The van der Waals surface area contributed by atoms with E-state index in [1.165, 1.54) is 12.7 Å². The number of hydrogen-bond acceptors (Lipinski definition) is 4. The zero-order chi connectivity index (χ0) is 14.2. The number of rotatable bonds is 7. The molecule has 1 aromatic heterocycles. The zero-order valence-electron chi connectivity index (χ0n) is 12.2. The fourth-order valence-electron chi connectivity index (χ4n) is 2.50. The van der Waals surface area contributed by atoms with Crippen molar-refractivity contribution in [3.63, 3.8) is 0 Å². The Morgan fingerprint density at radius 1 is 1.50 bits per heavy atom. The molecule has 0 bridgehead atoms. The lowest BCUT2D eigenvalue weighted by Crippen LogP contribution is -2.39. The smallest absolute Gasteiger partial charge is 0.222 e. The van der Waals surface area contributed by atoms with E-state index in [-0.39, 0.29) is 12.0 Å². The van der Waals surface area contributed by atoms with Gasteiger partial charge in [-0.1, -0.05) is 0 Å². The lowest BCUT2D eigenvalue weighted by atomic mass is 10.1. The lowest BCUT2D eigenvalue weighted by Gasteiger charge is -2.29. The standard InChI is InChI=1S/C14H24N4O2/c1-2-17(10-13-6-3-4-9-20-13)14(19)7-5-8-18-12-15-11-16-18/h11-13H,2-10H2,1H3/t13-/m1/s1. The number of hydrogen-bond donors (Lipinski definition) is 0. The summed E-state index contributed by atoms with van der Waals surface area (Å²) in [5, 5.41) is 4.03. The minimum atomic E-state index is 0.210. The van der Waals surface area contributed by atoms with Gasteiger partial charge in [0.05, 0.1) is 6.10 Å². The minimum Gasteiger partial charge on any atom is -0.376 e. The van der Waals surface area contributed by atoms with Gasteiger partial charge in [-0.15, -0.1) is 0 Å². The van der Waals surface area contributed by atoms with Crippen LogP contribution in [0.15, 0.2) is 12.7 Å². The van der Waals surface area contributed by atoms with E-state index < -0.39 is 0 Å². The highest BCUT2D eigenvalue weighted by molar-refractivity contribution is 5.76. The van der Waals surface area contributed by atoms with Crippen molar-refractivity contribution in [2.24, 2.45) is 0 Å². The van der Waals surface area contributed by atoms with E-state index in [9.17, 15) is 4.79 Å². The Hall–Kier alpha value is -1.43. The second kappa shape index (κ2) is 7.99. The average molecular weight is 280 g/mol. The van der Waals surface area contributed by atoms with Gasteiger partial charge in [0, 0.05) is 32.7 Å². The molecule has 0 radical (unpaired) electrons. The Kier molecular flexibility index (Phi) is 5.98. The Morgan fingerprint density at radius 3 is 3.05 bits per heavy atom. The predicted octanol–water partition coefficient (Wildman–Crippen LogP) is 1.48. The molecule has 1 aliphatic heterocycles. The zero-order valence-corrected chi connectivity index (χ0v) is 12.2. The van der Waals surface area contributed by atoms with Crippen LogP contribution in [0.2, 0.25) is 0 Å². The number of aromatic nitrogens is 3. The van der Waals surface area contributed by atoms with Crippen molar-refractivity contribution in [1.29, 1.82) is 0 Å². The molecule has 6 nitrogen and oxygen atoms in total. The molecule has 1 saturated heterocycles. The Labute approximate surface area is 120 Å². The summed E-state index contributed by atoms with van der Waals surface area (Å²) in [6.45, 7) is 5.09. The highest BCUT2D eigenvalue weighted by Crippen LogP contribution is 2.14. The molecule has 0 spiro atoms. The molecular formula is C14H24N4O2. The molecule has 1 atom stereocenters. The van der Waals surface area contributed by atoms with Crippen LogP contribution >= 0.6 is 0 Å². The van der Waals surface area contributed by atoms with Crippen molar-refractivity contribution in [2.75, 3.05) is 19.7 Å². The van der Waals surface area contributed by atoms with Gasteiger partial charge in [-0.2, -0.15) is 5.10 Å². The van der Waals surface area contributed by atoms with Gasteiger partial charge in [-0.25, -0.2) is 4.98 Å². The van der Waals surface area contributed by atoms with Crippen LogP contribution in [0.25, 0.3) is 0 Å². The first kappa shape index (κ1) is 15.0. The third-order valence-electron chi connectivity index (χ3n) is 3.68. The highest BCUT2D eigenvalue weighted by Gasteiger charge is 2.20. The second-order valence-corrected chi connectivity index (χ2v) is 5.18. The summed E-state index contributed by atoms with van der Waals surface area (Å²) < 4.78 is 7.47. The molecule has 0 saturated carbocycles. The van der Waals surface area contributed by atoms with Crippen molar-refractivity contribution in [2.45, 2.75) is 51.7 Å². The van der Waals surface area contributed by atoms with Crippen molar-refractivity contribution in [1.82, 2.24) is 19.7 Å². The number of amides is 1. The molecule has 0 N–H and O–H groups in total. The normalized spacial score (nSPS) is 18.9. The van der Waals surface area contributed by atoms with Crippen LogP contribution in [0.5, 0.6) is 0 Å². The van der Waals surface area contributed by atoms with Crippen LogP contribution in [-0.4, -0.2) is 51.4 Å². The van der Waals surface area contributed by atoms with Crippen molar-refractivity contribution in [3.05, 3.63) is 12.7 Å². The van der Waals surface area contributed by atoms with Crippen LogP contribution in [0, 0.1) is 0 Å². The van der Waals surface area contributed by atoms with Gasteiger partial charge in [0.1, 0.15) is 12.7 Å². The minimum absolute atomic E-state index is 0.210. The number of ether oxygens (including phenoxy) is 1. The Bertz CT molecular complexity index is 388. The van der Waals surface area contributed by atoms with E-state index >= 15 is 0 Å². The van der Waals surface area contributed by atoms with Gasteiger partial charge in [0.2, 0.25) is 5.91 Å². The largest absolute Gasteiger partial charge is 0.376 e. The first-order valence-corrected chi connectivity index (χ1v) is 7.51. The third-order valence-corrected chi connectivity index (χ3v) is 3.68. The monoisotopic (exact) mass is 280 g/mol. The van der Waals surface area contributed by atoms with E-state index in [4.69, 9.17) is 4.74 Å². The molecule has 1 fully saturated rings. The Morgan fingerprint density at radius 2 is 2.40 bits per heavy atom. The maximum Gasteiger partial charge on any atom is 0.222 e. The maximum absolute atomic E-state index is 12.2. The molecule has 0 aromatic carbocycles. The molecule has 2 heterocycles. The number of carbonyl (C=O) groups excluding carboxylic acids is 1. The van der Waals surface area contributed by atoms with Crippen LogP contribution in [0.3, 0.4) is 0 Å². The van der Waals surface area contributed by atoms with Crippen molar-refractivity contribution < 1.29 is 9.53 Å². The maximum atomic E-state index is 12.2. The van der Waals surface area contributed by atoms with Gasteiger partial charge in [-0.3, -0.25) is 9.48 Å². The van der Waals surface area contributed by atoms with E-state index in [0.717, 1.165) is 45.5 Å². The average Bonchev–Trinajstić information content (AvgIpc) is 2.99. The van der Waals surface area contributed by atoms with Crippen LogP contribution < -0.4 is 0 Å². The summed E-state index contributed by atoms with van der Waals surface area (Å²) >= 11 is 0. The fraction of sp³-hybridized carbons (Fsp3) is 0.786. The SMILES string of the molecule is CCN(C[C@H]1CCCCO1)C(=O)CCCn1cncn1. The summed E-state index contributed by atoms with van der Waals surface area (Å²) in [6, 6.07) is 0. The van der Waals surface area contributed by atoms with E-state index in [1.807, 2.05) is 11.8 Å². The topological polar surface area (TPSA) is 60.2 Å². The number of aryl methyl sites for hydroxylation is 1. The van der Waals surface area contributed by atoms with Crippen LogP contribution in [0.1, 0.15) is 39.0 Å². The molecule has 6 heteroatoms. The quantitative estimate of drug-likeness (QED) is 0.759. The molecule has 1 amide bonds. The molecule has 1 aliphatic rings. The third kappa shape index (κ3) is 4.59. The molecule has 1 aromatic rings. The molecule has 0 aliphatic carbocycles. The Balaban J connectivity index is 1.70. The molecular weight excluding hydrogens is 256 g/mol. The van der Waals surface area contributed by atoms with Gasteiger partial charge < -0.3 is 9.64 Å². The van der Waals surface area contributed by atoms with Gasteiger partial charge >= 0.3 is 0 Å². The first-order valence-electron chi connectivity index (χ1n) is 7.51. The second-order valence-electron chi connectivity index (χ2n) is 5.18. The number of nitrogens with zero attached hydrogens (tertiary/aromatic N) is 4. The first-order chi connectivity index (χ1) is 9.79. The van der Waals surface area contributed by atoms with Crippen molar-refractivity contribution >= 4 is 5.91 Å². The fourth-order valence-corrected chi connectivity index (χ4v) is 2.50. The summed E-state index contributed by atoms with van der Waals surface area (Å²) in [7, 11) is 0. The number of likely N-dealkylation sites (N-methyl/N-ethyl adjacent to an activating group) is 1. The van der Waals surface area contributed by atoms with Crippen LogP contribution in [-0.2, 0) is 16.1 Å². The number of carbonyl (C=O) groups is 1. The summed E-state index contributed by atoms with van der Waals surface area (Å²) in [4.78, 5) is 18.0. The van der Waals surface area contributed by atoms with E-state index in [1.54, 1.807) is 11.0 Å². The van der Waals surface area contributed by atoms with E-state index in [0.29, 0.717) is 6.42 Å². The van der Waals surface area contributed by atoms with Crippen molar-refractivity contribution in [3.8, 4) is 0 Å². The highest BCUT2D eigenvalue weighted by atomic mass is 16.5. The summed E-state index contributed by atoms with van der Waals surface area (Å²) in [5.74, 6) is 0.210. The molecule has 20 heavy (non-hydrogen) atoms. The van der Waals surface area contributed by atoms with Gasteiger partial charge in [0.25, 0.3) is 0 Å². The van der Waals surface area contributed by atoms with Gasteiger partial charge in [-0.05, 0) is 32.6 Å². The van der Waals surface area contributed by atoms with E-state index in [2.05, 4.69) is 10.1 Å². The molecule has 2 rings (SSSR count). The summed E-state index contributed by atoms with van der Waals surface area (Å²) in [6.07, 6.45) is 8.20. The van der Waals surface area contributed by atoms with Gasteiger partial charge in [0.15, 0.2) is 0 Å². The molecule has 112 valence electrons. The molecule has 0 unspecified atom stereocenters. The van der Waals surface area contributed by atoms with Crippen LogP contribution in [0.4, 0.5) is 0 Å².